The zero-order valence-electron chi connectivity index (χ0n) is 18.3. The summed E-state index contributed by atoms with van der Waals surface area (Å²) in [6.07, 6.45) is 3.88. The molecule has 1 spiro atoms. The molecule has 170 valence electrons. The van der Waals surface area contributed by atoms with Crippen LogP contribution in [0.2, 0.25) is 0 Å². The maximum absolute atomic E-state index is 13.6. The normalized spacial score (nSPS) is 21.3. The minimum absolute atomic E-state index is 0.113. The van der Waals surface area contributed by atoms with Gasteiger partial charge in [-0.3, -0.25) is 9.78 Å². The van der Waals surface area contributed by atoms with E-state index in [0.717, 1.165) is 11.1 Å². The Labute approximate surface area is 193 Å². The van der Waals surface area contributed by atoms with Crippen molar-refractivity contribution >= 4 is 15.9 Å². The van der Waals surface area contributed by atoms with Crippen molar-refractivity contribution in [3.63, 3.8) is 0 Å². The van der Waals surface area contributed by atoms with Crippen LogP contribution in [0.15, 0.2) is 78.0 Å². The van der Waals surface area contributed by atoms with Gasteiger partial charge in [0.1, 0.15) is 5.75 Å². The van der Waals surface area contributed by atoms with Crippen LogP contribution in [0.25, 0.3) is 0 Å². The summed E-state index contributed by atoms with van der Waals surface area (Å²) in [7, 11) is -3.71. The van der Waals surface area contributed by atoms with Crippen LogP contribution in [0, 0.1) is 0 Å². The Bertz CT molecular complexity index is 1280. The van der Waals surface area contributed by atoms with Gasteiger partial charge in [0.25, 0.3) is 5.91 Å². The molecular weight excluding hydrogens is 438 g/mol. The molecule has 7 nitrogen and oxygen atoms in total. The summed E-state index contributed by atoms with van der Waals surface area (Å²) in [4.78, 5) is 19.5. The van der Waals surface area contributed by atoms with Crippen LogP contribution in [0.5, 0.6) is 5.75 Å². The highest BCUT2D eigenvalue weighted by molar-refractivity contribution is 7.89. The average molecular weight is 464 g/mol. The number of sulfonamides is 1. The standard InChI is InChI=1S/C25H25N3O4S/c1-2-32-21-11-9-20(10-12-21)24(29)27-15-13-25(18-27)22-7-3-4-8-23(22)33(30,31)28(25)17-19-6-5-14-26-16-19/h3-12,14,16H,2,13,15,17-18H2,1H3/t25-/m1/s1. The van der Waals surface area contributed by atoms with E-state index >= 15 is 0 Å². The lowest BCUT2D eigenvalue weighted by atomic mass is 9.88. The van der Waals surface area contributed by atoms with Gasteiger partial charge in [-0.2, -0.15) is 4.31 Å². The summed E-state index contributed by atoms with van der Waals surface area (Å²) in [5.41, 5.74) is 1.33. The predicted octanol–water partition coefficient (Wildman–Crippen LogP) is 3.43. The van der Waals surface area contributed by atoms with Crippen LogP contribution in [0.3, 0.4) is 0 Å². The van der Waals surface area contributed by atoms with Crippen LogP contribution in [0.4, 0.5) is 0 Å². The molecule has 0 bridgehead atoms. The van der Waals surface area contributed by atoms with E-state index in [2.05, 4.69) is 4.98 Å². The first-order valence-electron chi connectivity index (χ1n) is 11.0. The number of fused-ring (bicyclic) bond motifs is 2. The molecule has 2 aromatic carbocycles. The molecule has 0 saturated carbocycles. The van der Waals surface area contributed by atoms with E-state index in [1.165, 1.54) is 0 Å². The summed E-state index contributed by atoms with van der Waals surface area (Å²) >= 11 is 0. The second-order valence-corrected chi connectivity index (χ2v) is 10.2. The molecule has 5 rings (SSSR count). The van der Waals surface area contributed by atoms with Crippen molar-refractivity contribution in [1.29, 1.82) is 0 Å². The average Bonchev–Trinajstić information content (AvgIpc) is 3.35. The molecule has 1 atom stereocenters. The predicted molar refractivity (Wildman–Crippen MR) is 123 cm³/mol. The monoisotopic (exact) mass is 463 g/mol. The Hall–Kier alpha value is -3.23. The van der Waals surface area contributed by atoms with Crippen LogP contribution >= 0.6 is 0 Å². The number of amides is 1. The van der Waals surface area contributed by atoms with Gasteiger partial charge in [-0.05, 0) is 60.9 Å². The Morgan fingerprint density at radius 1 is 1.09 bits per heavy atom. The van der Waals surface area contributed by atoms with Crippen molar-refractivity contribution in [3.8, 4) is 5.75 Å². The minimum atomic E-state index is -3.71. The fourth-order valence-electron chi connectivity index (χ4n) is 4.89. The Morgan fingerprint density at radius 2 is 1.88 bits per heavy atom. The van der Waals surface area contributed by atoms with Crippen molar-refractivity contribution in [1.82, 2.24) is 14.2 Å². The van der Waals surface area contributed by atoms with Crippen molar-refractivity contribution in [3.05, 3.63) is 89.7 Å². The maximum atomic E-state index is 13.6. The summed E-state index contributed by atoms with van der Waals surface area (Å²) in [5.74, 6) is 0.600. The number of ether oxygens (including phenoxy) is 1. The number of carbonyl (C=O) groups is 1. The minimum Gasteiger partial charge on any atom is -0.494 e. The van der Waals surface area contributed by atoms with E-state index in [9.17, 15) is 13.2 Å². The lowest BCUT2D eigenvalue weighted by molar-refractivity contribution is 0.0762. The van der Waals surface area contributed by atoms with Gasteiger partial charge < -0.3 is 9.64 Å². The van der Waals surface area contributed by atoms with Gasteiger partial charge >= 0.3 is 0 Å². The van der Waals surface area contributed by atoms with E-state index in [0.29, 0.717) is 42.3 Å². The molecule has 1 fully saturated rings. The van der Waals surface area contributed by atoms with E-state index in [4.69, 9.17) is 4.74 Å². The fourth-order valence-corrected chi connectivity index (χ4v) is 6.94. The first kappa shape index (κ1) is 21.6. The molecule has 3 heterocycles. The quantitative estimate of drug-likeness (QED) is 0.579. The van der Waals surface area contributed by atoms with Crippen LogP contribution < -0.4 is 4.74 Å². The van der Waals surface area contributed by atoms with Crippen LogP contribution in [-0.4, -0.2) is 48.2 Å². The number of likely N-dealkylation sites (tertiary alicyclic amines) is 1. The summed E-state index contributed by atoms with van der Waals surface area (Å²) in [5, 5.41) is 0. The largest absolute Gasteiger partial charge is 0.494 e. The Balaban J connectivity index is 1.49. The molecule has 0 radical (unpaired) electrons. The van der Waals surface area contributed by atoms with Gasteiger partial charge in [0, 0.05) is 37.6 Å². The third kappa shape index (κ3) is 3.59. The van der Waals surface area contributed by atoms with Crippen LogP contribution in [0.1, 0.15) is 34.8 Å². The maximum Gasteiger partial charge on any atom is 0.253 e. The van der Waals surface area contributed by atoms with E-state index < -0.39 is 15.6 Å². The summed E-state index contributed by atoms with van der Waals surface area (Å²) in [6.45, 7) is 3.45. The van der Waals surface area contributed by atoms with Gasteiger partial charge in [0.2, 0.25) is 10.0 Å². The van der Waals surface area contributed by atoms with Crippen molar-refractivity contribution in [2.75, 3.05) is 19.7 Å². The fraction of sp³-hybridized carbons (Fsp3) is 0.280. The molecule has 1 amide bonds. The zero-order chi connectivity index (χ0) is 23.1. The van der Waals surface area contributed by atoms with Gasteiger partial charge in [-0.25, -0.2) is 8.42 Å². The van der Waals surface area contributed by atoms with Gasteiger partial charge in [-0.15, -0.1) is 0 Å². The van der Waals surface area contributed by atoms with Gasteiger partial charge in [0.15, 0.2) is 0 Å². The van der Waals surface area contributed by atoms with Gasteiger partial charge in [-0.1, -0.05) is 24.3 Å². The van der Waals surface area contributed by atoms with Crippen molar-refractivity contribution < 1.29 is 17.9 Å². The number of nitrogens with zero attached hydrogens (tertiary/aromatic N) is 3. The number of rotatable bonds is 5. The number of hydrogen-bond acceptors (Lipinski definition) is 5. The molecule has 0 aliphatic carbocycles. The molecule has 1 aromatic heterocycles. The number of carbonyl (C=O) groups excluding carboxylic acids is 1. The molecule has 0 N–H and O–H groups in total. The highest BCUT2D eigenvalue weighted by Gasteiger charge is 2.57. The highest BCUT2D eigenvalue weighted by Crippen LogP contribution is 2.50. The number of pyridine rings is 1. The lowest BCUT2D eigenvalue weighted by Crippen LogP contribution is -2.46. The number of benzene rings is 2. The van der Waals surface area contributed by atoms with Crippen molar-refractivity contribution in [2.24, 2.45) is 0 Å². The molecule has 33 heavy (non-hydrogen) atoms. The third-order valence-electron chi connectivity index (χ3n) is 6.43. The van der Waals surface area contributed by atoms with E-state index in [-0.39, 0.29) is 12.5 Å². The highest BCUT2D eigenvalue weighted by atomic mass is 32.2. The molecular formula is C25H25N3O4S. The third-order valence-corrected chi connectivity index (χ3v) is 8.40. The Morgan fingerprint density at radius 3 is 2.61 bits per heavy atom. The van der Waals surface area contributed by atoms with Gasteiger partial charge in [0.05, 0.1) is 17.0 Å². The summed E-state index contributed by atoms with van der Waals surface area (Å²) < 4.78 is 34.2. The van der Waals surface area contributed by atoms with E-state index in [1.807, 2.05) is 25.1 Å². The Kier molecular flexibility index (Phi) is 5.42. The first-order chi connectivity index (χ1) is 16.0. The topological polar surface area (TPSA) is 79.8 Å². The smallest absolute Gasteiger partial charge is 0.253 e. The van der Waals surface area contributed by atoms with Crippen LogP contribution in [-0.2, 0) is 22.1 Å². The number of aromatic nitrogens is 1. The summed E-state index contributed by atoms with van der Waals surface area (Å²) in [6, 6.07) is 17.9. The lowest BCUT2D eigenvalue weighted by Gasteiger charge is -2.34. The SMILES string of the molecule is CCOc1ccc(C(=O)N2CC[C@@]3(C2)c2ccccc2S(=O)(=O)N3Cc2cccnc2)cc1. The second kappa shape index (κ2) is 8.28. The molecule has 2 aliphatic heterocycles. The number of hydrogen-bond donors (Lipinski definition) is 0. The van der Waals surface area contributed by atoms with Crippen molar-refractivity contribution in [2.45, 2.75) is 30.3 Å². The zero-order valence-corrected chi connectivity index (χ0v) is 19.2. The van der Waals surface area contributed by atoms with E-state index in [1.54, 1.807) is 64.1 Å². The molecule has 2 aliphatic rings. The molecule has 0 unspecified atom stereocenters. The second-order valence-electron chi connectivity index (χ2n) is 8.33. The molecule has 1 saturated heterocycles. The molecule has 3 aromatic rings. The molecule has 8 heteroatoms. The first-order valence-corrected chi connectivity index (χ1v) is 12.4.